The second-order valence-electron chi connectivity index (χ2n) is 9.48. The van der Waals surface area contributed by atoms with E-state index in [0.29, 0.717) is 22.0 Å². The molecule has 43 heavy (non-hydrogen) atoms. The first-order chi connectivity index (χ1) is 20.4. The summed E-state index contributed by atoms with van der Waals surface area (Å²) in [7, 11) is 1.21. The summed E-state index contributed by atoms with van der Waals surface area (Å²) in [4.78, 5) is 26.6. The molecule has 4 rings (SSSR count). The summed E-state index contributed by atoms with van der Waals surface area (Å²) in [6, 6.07) is 16.6. The number of alkyl halides is 3. The maximum absolute atomic E-state index is 12.6. The third kappa shape index (κ3) is 8.22. The van der Waals surface area contributed by atoms with Crippen LogP contribution in [0.5, 0.6) is 5.75 Å². The van der Waals surface area contributed by atoms with Gasteiger partial charge in [-0.25, -0.2) is 4.79 Å². The first-order valence-electron chi connectivity index (χ1n) is 13.0. The number of methoxy groups -OCH3 is 1. The lowest BCUT2D eigenvalue weighted by atomic mass is 10.0. The molecular formula is C30H28F3N5O4S. The predicted molar refractivity (Wildman–Crippen MR) is 161 cm³/mol. The van der Waals surface area contributed by atoms with E-state index in [0.717, 1.165) is 28.9 Å². The minimum atomic E-state index is -4.81. The minimum absolute atomic E-state index is 0.0476. The Morgan fingerprint density at radius 3 is 2.35 bits per heavy atom. The second-order valence-corrected chi connectivity index (χ2v) is 10.4. The van der Waals surface area contributed by atoms with Gasteiger partial charge < -0.3 is 20.2 Å². The fraction of sp³-hybridized carbons (Fsp3) is 0.233. The lowest BCUT2D eigenvalue weighted by molar-refractivity contribution is -0.274. The number of aryl methyl sites for hydroxylation is 2. The molecule has 0 bridgehead atoms. The van der Waals surface area contributed by atoms with Gasteiger partial charge in [-0.3, -0.25) is 9.69 Å². The number of anilines is 2. The summed E-state index contributed by atoms with van der Waals surface area (Å²) in [5.41, 5.74) is 4.47. The molecule has 1 heterocycles. The maximum atomic E-state index is 12.6. The molecule has 224 valence electrons. The van der Waals surface area contributed by atoms with Crippen molar-refractivity contribution in [2.45, 2.75) is 32.7 Å². The average Bonchev–Trinajstić information content (AvgIpc) is 3.32. The van der Waals surface area contributed by atoms with E-state index in [4.69, 9.17) is 10.1 Å². The van der Waals surface area contributed by atoms with Crippen molar-refractivity contribution in [2.24, 2.45) is 10.2 Å². The summed E-state index contributed by atoms with van der Waals surface area (Å²) in [5, 5.41) is 20.4. The van der Waals surface area contributed by atoms with Crippen LogP contribution in [0.1, 0.15) is 28.7 Å². The fourth-order valence-corrected chi connectivity index (χ4v) is 5.15. The van der Waals surface area contributed by atoms with Crippen LogP contribution in [0.3, 0.4) is 0 Å². The van der Waals surface area contributed by atoms with Crippen molar-refractivity contribution in [3.8, 4) is 5.75 Å². The van der Waals surface area contributed by atoms with Gasteiger partial charge in [0.15, 0.2) is 5.17 Å². The van der Waals surface area contributed by atoms with E-state index < -0.39 is 24.1 Å². The Hall–Kier alpha value is -4.65. The normalized spacial score (nSPS) is 15.2. The zero-order valence-corrected chi connectivity index (χ0v) is 24.3. The van der Waals surface area contributed by atoms with Crippen molar-refractivity contribution < 1.29 is 32.2 Å². The first-order valence-corrected chi connectivity index (χ1v) is 13.9. The molecule has 3 aromatic rings. The molecule has 3 aromatic carbocycles. The van der Waals surface area contributed by atoms with Crippen LogP contribution in [0, 0.1) is 19.3 Å². The van der Waals surface area contributed by atoms with Gasteiger partial charge in [0.25, 0.3) is 0 Å². The van der Waals surface area contributed by atoms with E-state index in [1.807, 2.05) is 32.0 Å². The van der Waals surface area contributed by atoms with Crippen molar-refractivity contribution in [3.63, 3.8) is 0 Å². The van der Waals surface area contributed by atoms with Gasteiger partial charge >= 0.3 is 12.3 Å². The Morgan fingerprint density at radius 2 is 1.74 bits per heavy atom. The lowest BCUT2D eigenvalue weighted by Gasteiger charge is -2.20. The molecule has 1 atom stereocenters. The maximum Gasteiger partial charge on any atom is 0.573 e. The van der Waals surface area contributed by atoms with Gasteiger partial charge in [0.05, 0.1) is 24.8 Å². The molecule has 1 amide bonds. The number of nitrogens with one attached hydrogen (secondary N) is 2. The van der Waals surface area contributed by atoms with Crippen LogP contribution in [0.4, 0.5) is 24.5 Å². The van der Waals surface area contributed by atoms with E-state index in [-0.39, 0.29) is 23.8 Å². The van der Waals surface area contributed by atoms with E-state index in [9.17, 15) is 22.8 Å². The smallest absolute Gasteiger partial charge is 0.467 e. The van der Waals surface area contributed by atoms with Crippen LogP contribution in [0.2, 0.25) is 0 Å². The summed E-state index contributed by atoms with van der Waals surface area (Å²) >= 11 is 1.31. The lowest BCUT2D eigenvalue weighted by Crippen LogP contribution is -2.33. The van der Waals surface area contributed by atoms with Crippen LogP contribution in [0.15, 0.2) is 76.9 Å². The molecule has 13 heteroatoms. The Labute approximate surface area is 250 Å². The van der Waals surface area contributed by atoms with Crippen LogP contribution < -0.4 is 15.0 Å². The summed E-state index contributed by atoms with van der Waals surface area (Å²) in [6.45, 7) is 3.88. The van der Waals surface area contributed by atoms with Crippen LogP contribution in [-0.2, 0) is 14.3 Å². The Bertz CT molecular complexity index is 1540. The third-order valence-corrected chi connectivity index (χ3v) is 7.27. The number of thioether (sulfide) groups is 1. The molecule has 0 saturated carbocycles. The molecule has 1 fully saturated rings. The number of rotatable bonds is 10. The minimum Gasteiger partial charge on any atom is -0.467 e. The van der Waals surface area contributed by atoms with Gasteiger partial charge in [0, 0.05) is 17.8 Å². The number of amidine groups is 1. The third-order valence-electron chi connectivity index (χ3n) is 6.36. The summed E-state index contributed by atoms with van der Waals surface area (Å²) < 4.78 is 46.0. The van der Waals surface area contributed by atoms with E-state index in [1.165, 1.54) is 37.2 Å². The molecule has 0 aromatic heterocycles. The van der Waals surface area contributed by atoms with Crippen LogP contribution in [-0.4, -0.2) is 54.2 Å². The number of hydrogen-bond acceptors (Lipinski definition) is 9. The predicted octanol–water partition coefficient (Wildman–Crippen LogP) is 6.08. The zero-order valence-electron chi connectivity index (χ0n) is 23.4. The highest BCUT2D eigenvalue weighted by Gasteiger charge is 2.32. The molecule has 9 nitrogen and oxygen atoms in total. The SMILES string of the molecule is COC(=O)C(CC(=N)c1ccc(/C=N/N=C2\SCC(=O)N2c2c(C)cccc2C)cc1)Nc1ccc(OC(F)(F)F)cc1. The van der Waals surface area contributed by atoms with Crippen LogP contribution >= 0.6 is 11.8 Å². The number of esters is 1. The van der Waals surface area contributed by atoms with Gasteiger partial charge in [0.1, 0.15) is 11.8 Å². The van der Waals surface area contributed by atoms with Gasteiger partial charge in [-0.15, -0.1) is 18.3 Å². The summed E-state index contributed by atoms with van der Waals surface area (Å²) in [6.07, 6.45) is -3.32. The molecule has 1 aliphatic rings. The van der Waals surface area contributed by atoms with Gasteiger partial charge in [0.2, 0.25) is 5.91 Å². The Kier molecular flexibility index (Phi) is 9.86. The van der Waals surface area contributed by atoms with Crippen molar-refractivity contribution in [2.75, 3.05) is 23.1 Å². The number of carbonyl (C=O) groups excluding carboxylic acids is 2. The van der Waals surface area contributed by atoms with Crippen molar-refractivity contribution in [1.82, 2.24) is 0 Å². The first kappa shape index (κ1) is 31.3. The van der Waals surface area contributed by atoms with Gasteiger partial charge in [-0.2, -0.15) is 5.10 Å². The highest BCUT2D eigenvalue weighted by Crippen LogP contribution is 2.32. The molecule has 0 radical (unpaired) electrons. The van der Waals surface area contributed by atoms with E-state index in [1.54, 1.807) is 29.2 Å². The van der Waals surface area contributed by atoms with E-state index in [2.05, 4.69) is 20.3 Å². The number of para-hydroxylation sites is 1. The molecule has 1 saturated heterocycles. The van der Waals surface area contributed by atoms with Crippen LogP contribution in [0.25, 0.3) is 0 Å². The molecule has 2 N–H and O–H groups in total. The van der Waals surface area contributed by atoms with Crippen molar-refractivity contribution >= 4 is 52.1 Å². The quantitative estimate of drug-likeness (QED) is 0.163. The number of halogens is 3. The second kappa shape index (κ2) is 13.6. The number of hydrogen-bond donors (Lipinski definition) is 2. The van der Waals surface area contributed by atoms with Gasteiger partial charge in [-0.1, -0.05) is 54.2 Å². The number of amides is 1. The number of carbonyl (C=O) groups is 2. The fourth-order valence-electron chi connectivity index (χ4n) is 4.34. The molecule has 1 unspecified atom stereocenters. The zero-order chi connectivity index (χ0) is 31.1. The van der Waals surface area contributed by atoms with Crippen molar-refractivity contribution in [3.05, 3.63) is 89.0 Å². The topological polar surface area (TPSA) is 116 Å². The Morgan fingerprint density at radius 1 is 1.09 bits per heavy atom. The number of ether oxygens (including phenoxy) is 2. The standard InChI is InChI=1S/C30H28F3N5O4S/c1-18-5-4-6-19(2)27(18)38-26(39)17-43-29(38)37-35-16-20-7-9-21(10-8-20)24(34)15-25(28(40)41-3)36-22-11-13-23(14-12-22)42-30(31,32)33/h4-14,16,25,34,36H,15,17H2,1-3H3/b34-24?,35-16+,37-29-. The Balaban J connectivity index is 1.41. The number of nitrogens with zero attached hydrogens (tertiary/aromatic N) is 3. The molecule has 0 aliphatic carbocycles. The highest BCUT2D eigenvalue weighted by molar-refractivity contribution is 8.15. The number of benzene rings is 3. The van der Waals surface area contributed by atoms with E-state index >= 15 is 0 Å². The highest BCUT2D eigenvalue weighted by atomic mass is 32.2. The average molecular weight is 612 g/mol. The van der Waals surface area contributed by atoms with Crippen molar-refractivity contribution in [1.29, 1.82) is 5.41 Å². The molecule has 0 spiro atoms. The largest absolute Gasteiger partial charge is 0.573 e. The van der Waals surface area contributed by atoms with Gasteiger partial charge in [-0.05, 0) is 60.4 Å². The molecular weight excluding hydrogens is 583 g/mol. The monoisotopic (exact) mass is 611 g/mol. The molecule has 1 aliphatic heterocycles. The summed E-state index contributed by atoms with van der Waals surface area (Å²) in [5.74, 6) is -0.824.